The molecule has 3 fully saturated rings. The number of likely N-dealkylation sites (N-methyl/N-ethyl adjacent to an activating group) is 1. The van der Waals surface area contributed by atoms with E-state index >= 15 is 0 Å². The second-order valence-corrected chi connectivity index (χ2v) is 16.4. The van der Waals surface area contributed by atoms with Crippen molar-refractivity contribution in [3.63, 3.8) is 0 Å². The molecule has 1 saturated carbocycles. The van der Waals surface area contributed by atoms with Gasteiger partial charge >= 0.3 is 12.1 Å². The zero-order valence-corrected chi connectivity index (χ0v) is 31.3. The normalized spacial score (nSPS) is 21.9. The molecule has 0 bridgehead atoms. The summed E-state index contributed by atoms with van der Waals surface area (Å²) in [5, 5.41) is 2.52. The Kier molecular flexibility index (Phi) is 9.76. The van der Waals surface area contributed by atoms with Gasteiger partial charge in [-0.1, -0.05) is 30.3 Å². The number of hydrogen-bond acceptors (Lipinski definition) is 9. The van der Waals surface area contributed by atoms with E-state index in [1.54, 1.807) is 4.90 Å². The van der Waals surface area contributed by atoms with Crippen LogP contribution in [-0.2, 0) is 17.7 Å². The third kappa shape index (κ3) is 7.73. The van der Waals surface area contributed by atoms with E-state index in [0.717, 1.165) is 62.5 Å². The number of hydrogen-bond donors (Lipinski definition) is 0. The highest BCUT2D eigenvalue weighted by molar-refractivity contribution is 5.97. The fourth-order valence-electron chi connectivity index (χ4n) is 8.15. The molecule has 3 aliphatic heterocycles. The van der Waals surface area contributed by atoms with Crippen LogP contribution in [0.4, 0.5) is 16.3 Å². The molecule has 2 atom stereocenters. The molecule has 11 heteroatoms. The van der Waals surface area contributed by atoms with E-state index in [4.69, 9.17) is 26.0 Å². The third-order valence-electron chi connectivity index (χ3n) is 11.2. The number of carbonyl (C=O) groups is 1. The summed E-state index contributed by atoms with van der Waals surface area (Å²) in [6, 6.07) is 13.8. The fourth-order valence-corrected chi connectivity index (χ4v) is 8.15. The van der Waals surface area contributed by atoms with E-state index < -0.39 is 5.60 Å². The highest BCUT2D eigenvalue weighted by Gasteiger charge is 2.46. The molecule has 4 aliphatic rings. The maximum absolute atomic E-state index is 13.2. The highest BCUT2D eigenvalue weighted by atomic mass is 16.6. The SMILES string of the molecule is [C-]#[N+]CC1CN(c2nc(OCC3(CN4CCC(N(C)C)C4)CC3)nc3c2CCN(c2cccc4cccc(C)c24)C3)CCN1C(=O)OC(C)(C)C. The van der Waals surface area contributed by atoms with Crippen molar-refractivity contribution in [1.82, 2.24) is 24.7 Å². The van der Waals surface area contributed by atoms with Gasteiger partial charge in [0.15, 0.2) is 0 Å². The van der Waals surface area contributed by atoms with Crippen LogP contribution < -0.4 is 14.5 Å². The molecule has 0 N–H and O–H groups in total. The number of nitrogens with zero attached hydrogens (tertiary/aromatic N) is 8. The number of ether oxygens (including phenoxy) is 2. The van der Waals surface area contributed by atoms with Crippen LogP contribution in [0.3, 0.4) is 0 Å². The number of likely N-dealkylation sites (tertiary alicyclic amines) is 1. The number of benzene rings is 2. The molecule has 0 spiro atoms. The van der Waals surface area contributed by atoms with E-state index in [9.17, 15) is 4.79 Å². The molecule has 3 aromatic rings. The molecule has 2 aromatic carbocycles. The first-order valence-electron chi connectivity index (χ1n) is 18.6. The topological polar surface area (TPSA) is 81.9 Å². The number of anilines is 2. The maximum atomic E-state index is 13.2. The Labute approximate surface area is 303 Å². The molecule has 51 heavy (non-hydrogen) atoms. The van der Waals surface area contributed by atoms with Gasteiger partial charge in [0.05, 0.1) is 18.8 Å². The average Bonchev–Trinajstić information content (AvgIpc) is 3.70. The van der Waals surface area contributed by atoms with Crippen molar-refractivity contribution in [3.8, 4) is 6.01 Å². The van der Waals surface area contributed by atoms with E-state index in [0.29, 0.717) is 44.8 Å². The average molecular weight is 695 g/mol. The van der Waals surface area contributed by atoms with E-state index in [-0.39, 0.29) is 24.1 Å². The molecule has 1 aromatic heterocycles. The van der Waals surface area contributed by atoms with Crippen molar-refractivity contribution < 1.29 is 14.3 Å². The van der Waals surface area contributed by atoms with Gasteiger partial charge in [-0.2, -0.15) is 9.97 Å². The molecule has 272 valence electrons. The number of fused-ring (bicyclic) bond motifs is 2. The quantitative estimate of drug-likeness (QED) is 0.265. The van der Waals surface area contributed by atoms with Crippen molar-refractivity contribution in [1.29, 1.82) is 0 Å². The van der Waals surface area contributed by atoms with Crippen molar-refractivity contribution in [2.24, 2.45) is 5.41 Å². The summed E-state index contributed by atoms with van der Waals surface area (Å²) >= 11 is 0. The van der Waals surface area contributed by atoms with Crippen LogP contribution in [0.2, 0.25) is 0 Å². The number of aryl methyl sites for hydroxylation is 1. The molecule has 4 heterocycles. The molecule has 0 radical (unpaired) electrons. The van der Waals surface area contributed by atoms with Crippen LogP contribution in [0.5, 0.6) is 6.01 Å². The first-order valence-corrected chi connectivity index (χ1v) is 18.6. The van der Waals surface area contributed by atoms with E-state index in [2.05, 4.69) is 81.9 Å². The number of rotatable bonds is 9. The second-order valence-electron chi connectivity index (χ2n) is 16.4. The first kappa shape index (κ1) is 35.3. The minimum Gasteiger partial charge on any atom is -0.463 e. The monoisotopic (exact) mass is 694 g/mol. The lowest BCUT2D eigenvalue weighted by molar-refractivity contribution is 0.0155. The van der Waals surface area contributed by atoms with Gasteiger partial charge in [-0.3, -0.25) is 4.90 Å². The molecular weight excluding hydrogens is 640 g/mol. The summed E-state index contributed by atoms with van der Waals surface area (Å²) < 4.78 is 12.3. The van der Waals surface area contributed by atoms with Gasteiger partial charge in [-0.15, -0.1) is 0 Å². The summed E-state index contributed by atoms with van der Waals surface area (Å²) in [5.41, 5.74) is 4.15. The van der Waals surface area contributed by atoms with Crippen molar-refractivity contribution in [3.05, 3.63) is 64.6 Å². The molecular formula is C40H54N8O3. The lowest BCUT2D eigenvalue weighted by Crippen LogP contribution is -2.57. The Morgan fingerprint density at radius 2 is 1.82 bits per heavy atom. The third-order valence-corrected chi connectivity index (χ3v) is 11.2. The lowest BCUT2D eigenvalue weighted by Gasteiger charge is -2.41. The maximum Gasteiger partial charge on any atom is 0.410 e. The Bertz CT molecular complexity index is 1790. The molecule has 2 saturated heterocycles. The number of carbonyl (C=O) groups excluding carboxylic acids is 1. The van der Waals surface area contributed by atoms with Crippen molar-refractivity contribution >= 4 is 28.4 Å². The van der Waals surface area contributed by atoms with E-state index in [1.807, 2.05) is 20.8 Å². The van der Waals surface area contributed by atoms with Gasteiger partial charge in [0.1, 0.15) is 17.5 Å². The number of amides is 1. The van der Waals surface area contributed by atoms with Gasteiger partial charge in [0.25, 0.3) is 0 Å². The Balaban J connectivity index is 1.16. The summed E-state index contributed by atoms with van der Waals surface area (Å²) in [5.74, 6) is 0.876. The van der Waals surface area contributed by atoms with Crippen LogP contribution in [0.1, 0.15) is 56.9 Å². The van der Waals surface area contributed by atoms with Gasteiger partial charge in [-0.25, -0.2) is 11.4 Å². The predicted octanol–water partition coefficient (Wildman–Crippen LogP) is 5.64. The van der Waals surface area contributed by atoms with Gasteiger partial charge in [0.2, 0.25) is 6.54 Å². The number of aromatic nitrogens is 2. The molecule has 1 aliphatic carbocycles. The van der Waals surface area contributed by atoms with Crippen LogP contribution in [0.25, 0.3) is 15.6 Å². The Morgan fingerprint density at radius 1 is 1.04 bits per heavy atom. The van der Waals surface area contributed by atoms with Gasteiger partial charge in [-0.05, 0) is 91.0 Å². The van der Waals surface area contributed by atoms with Gasteiger partial charge < -0.3 is 33.9 Å². The largest absolute Gasteiger partial charge is 0.463 e. The first-order chi connectivity index (χ1) is 24.4. The summed E-state index contributed by atoms with van der Waals surface area (Å²) in [6.07, 6.45) is 3.96. The van der Waals surface area contributed by atoms with Crippen LogP contribution >= 0.6 is 0 Å². The summed E-state index contributed by atoms with van der Waals surface area (Å²) in [4.78, 5) is 38.6. The molecule has 7 rings (SSSR count). The molecule has 11 nitrogen and oxygen atoms in total. The lowest BCUT2D eigenvalue weighted by atomic mass is 9.99. The van der Waals surface area contributed by atoms with E-state index in [1.165, 1.54) is 28.4 Å². The number of piperazine rings is 1. The van der Waals surface area contributed by atoms with Crippen LogP contribution in [0.15, 0.2) is 36.4 Å². The zero-order valence-electron chi connectivity index (χ0n) is 31.3. The van der Waals surface area contributed by atoms with Crippen LogP contribution in [-0.4, -0.2) is 122 Å². The minimum atomic E-state index is -0.606. The standard InChI is InChI=1S/C40H54N8O3/c1-28-10-8-11-29-12-9-13-34(35(28)29)46-19-15-32-33(25-46)42-37(50-27-40(16-17-40)26-45-18-14-30(23-45)44(6)7)43-36(32)47-20-21-48(31(24-47)22-41-5)38(49)51-39(2,3)4/h8-13,30-31H,14-27H2,1-4,6-7H3. The Hall–Kier alpha value is -4.14. The van der Waals surface area contributed by atoms with Crippen LogP contribution in [0, 0.1) is 18.9 Å². The zero-order chi connectivity index (χ0) is 35.9. The summed E-state index contributed by atoms with van der Waals surface area (Å²) in [6.45, 7) is 22.6. The summed E-state index contributed by atoms with van der Waals surface area (Å²) in [7, 11) is 4.36. The fraction of sp³-hybridized carbons (Fsp3) is 0.600. The van der Waals surface area contributed by atoms with Crippen molar-refractivity contribution in [2.75, 3.05) is 82.9 Å². The highest BCUT2D eigenvalue weighted by Crippen LogP contribution is 2.47. The Morgan fingerprint density at radius 3 is 2.53 bits per heavy atom. The van der Waals surface area contributed by atoms with Crippen molar-refractivity contribution in [2.45, 2.75) is 77.6 Å². The smallest absolute Gasteiger partial charge is 0.410 e. The second kappa shape index (κ2) is 14.1. The van der Waals surface area contributed by atoms with Gasteiger partial charge in [0, 0.05) is 67.4 Å². The predicted molar refractivity (Wildman–Crippen MR) is 202 cm³/mol. The minimum absolute atomic E-state index is 0.146. The molecule has 1 amide bonds. The molecule has 2 unspecified atom stereocenters.